The highest BCUT2D eigenvalue weighted by Gasteiger charge is 2.61. The fraction of sp³-hybridized carbons (Fsp3) is 0.636. The lowest BCUT2D eigenvalue weighted by Crippen LogP contribution is -2.07. The number of hydrogen-bond acceptors (Lipinski definition) is 4. The molecule has 0 heterocycles. The van der Waals surface area contributed by atoms with Crippen molar-refractivity contribution in [3.63, 3.8) is 0 Å². The largest absolute Gasteiger partial charge is 0.469 e. The van der Waals surface area contributed by atoms with Gasteiger partial charge in [-0.3, -0.25) is 4.79 Å². The summed E-state index contributed by atoms with van der Waals surface area (Å²) in [5.41, 5.74) is 0.791. The molecule has 4 nitrogen and oxygen atoms in total. The van der Waals surface area contributed by atoms with Gasteiger partial charge in [-0.05, 0) is 23.8 Å². The van der Waals surface area contributed by atoms with E-state index in [0.29, 0.717) is 0 Å². The standard InChI is InChI=1S/C11H17NO3/c1-7(6-12-14)5-8-9(10(13)15-4)11(8,2)3/h5-6,8-9,14H,1-4H3/b7-5+,12-6+/t8-,9+/m1/s1. The highest BCUT2D eigenvalue weighted by Crippen LogP contribution is 2.59. The molecule has 0 aromatic heterocycles. The van der Waals surface area contributed by atoms with Crippen molar-refractivity contribution in [1.82, 2.24) is 0 Å². The summed E-state index contributed by atoms with van der Waals surface area (Å²) >= 11 is 0. The maximum absolute atomic E-state index is 11.4. The number of allylic oxidation sites excluding steroid dienone is 2. The van der Waals surface area contributed by atoms with E-state index in [1.54, 1.807) is 0 Å². The highest BCUT2D eigenvalue weighted by molar-refractivity contribution is 5.80. The summed E-state index contributed by atoms with van der Waals surface area (Å²) < 4.78 is 4.73. The van der Waals surface area contributed by atoms with Gasteiger partial charge in [0.1, 0.15) is 0 Å². The van der Waals surface area contributed by atoms with Crippen LogP contribution in [0.4, 0.5) is 0 Å². The Hall–Kier alpha value is -1.32. The molecule has 0 aromatic rings. The Morgan fingerprint density at radius 1 is 1.53 bits per heavy atom. The second-order valence-corrected chi connectivity index (χ2v) is 4.50. The SMILES string of the molecule is COC(=O)[C@@H]1[C@@H](/C=C(C)/C=N/O)C1(C)C. The minimum absolute atomic E-state index is 0.0579. The molecule has 1 fully saturated rings. The van der Waals surface area contributed by atoms with E-state index in [0.717, 1.165) is 5.57 Å². The fourth-order valence-corrected chi connectivity index (χ4v) is 1.98. The minimum Gasteiger partial charge on any atom is -0.469 e. The number of oxime groups is 1. The van der Waals surface area contributed by atoms with Crippen LogP contribution in [0.15, 0.2) is 16.8 Å². The molecule has 2 atom stereocenters. The lowest BCUT2D eigenvalue weighted by Gasteiger charge is -1.99. The number of nitrogens with zero attached hydrogens (tertiary/aromatic N) is 1. The van der Waals surface area contributed by atoms with Crippen LogP contribution in [-0.2, 0) is 9.53 Å². The third kappa shape index (κ3) is 2.19. The molecule has 0 aliphatic heterocycles. The molecule has 0 aromatic carbocycles. The van der Waals surface area contributed by atoms with Crippen LogP contribution in [-0.4, -0.2) is 24.5 Å². The van der Waals surface area contributed by atoms with Gasteiger partial charge in [-0.1, -0.05) is 25.1 Å². The molecule has 1 aliphatic rings. The summed E-state index contributed by atoms with van der Waals surface area (Å²) in [6.45, 7) is 5.89. The lowest BCUT2D eigenvalue weighted by atomic mass is 10.1. The maximum atomic E-state index is 11.4. The molecule has 0 spiro atoms. The first-order valence-electron chi connectivity index (χ1n) is 4.88. The molecule has 0 unspecified atom stereocenters. The average Bonchev–Trinajstić information content (AvgIpc) is 2.67. The normalized spacial score (nSPS) is 29.2. The molecule has 84 valence electrons. The van der Waals surface area contributed by atoms with E-state index < -0.39 is 0 Å². The molecule has 0 amide bonds. The van der Waals surface area contributed by atoms with Crippen molar-refractivity contribution >= 4 is 12.2 Å². The number of rotatable bonds is 3. The van der Waals surface area contributed by atoms with Gasteiger partial charge < -0.3 is 9.94 Å². The van der Waals surface area contributed by atoms with Gasteiger partial charge in [-0.2, -0.15) is 0 Å². The quantitative estimate of drug-likeness (QED) is 0.335. The Labute approximate surface area is 89.6 Å². The number of ether oxygens (including phenoxy) is 1. The molecule has 1 rings (SSSR count). The zero-order valence-electron chi connectivity index (χ0n) is 9.52. The molecule has 1 aliphatic carbocycles. The van der Waals surface area contributed by atoms with Gasteiger partial charge in [-0.15, -0.1) is 0 Å². The second kappa shape index (κ2) is 4.04. The first kappa shape index (κ1) is 11.8. The lowest BCUT2D eigenvalue weighted by molar-refractivity contribution is -0.143. The van der Waals surface area contributed by atoms with E-state index in [1.807, 2.05) is 26.8 Å². The van der Waals surface area contributed by atoms with Crippen LogP contribution in [0.1, 0.15) is 20.8 Å². The molecule has 0 bridgehead atoms. The molecule has 0 saturated heterocycles. The number of methoxy groups -OCH3 is 1. The van der Waals surface area contributed by atoms with Crippen LogP contribution < -0.4 is 0 Å². The van der Waals surface area contributed by atoms with Gasteiger partial charge in [0.25, 0.3) is 0 Å². The zero-order valence-corrected chi connectivity index (χ0v) is 9.52. The van der Waals surface area contributed by atoms with Crippen molar-refractivity contribution in [2.75, 3.05) is 7.11 Å². The van der Waals surface area contributed by atoms with E-state index in [2.05, 4.69) is 5.16 Å². The van der Waals surface area contributed by atoms with Crippen LogP contribution in [0.2, 0.25) is 0 Å². The van der Waals surface area contributed by atoms with Crippen LogP contribution >= 0.6 is 0 Å². The number of carbonyl (C=O) groups is 1. The van der Waals surface area contributed by atoms with Gasteiger partial charge in [-0.25, -0.2) is 0 Å². The predicted molar refractivity (Wildman–Crippen MR) is 56.8 cm³/mol. The highest BCUT2D eigenvalue weighted by atomic mass is 16.5. The van der Waals surface area contributed by atoms with Crippen molar-refractivity contribution in [3.05, 3.63) is 11.6 Å². The molecular formula is C11H17NO3. The molecule has 1 N–H and O–H groups in total. The second-order valence-electron chi connectivity index (χ2n) is 4.50. The molecule has 15 heavy (non-hydrogen) atoms. The average molecular weight is 211 g/mol. The topological polar surface area (TPSA) is 58.9 Å². The Balaban J connectivity index is 2.75. The van der Waals surface area contributed by atoms with Gasteiger partial charge in [0.05, 0.1) is 19.2 Å². The Morgan fingerprint density at radius 3 is 2.60 bits per heavy atom. The van der Waals surface area contributed by atoms with Crippen LogP contribution in [0.3, 0.4) is 0 Å². The van der Waals surface area contributed by atoms with Crippen LogP contribution in [0.25, 0.3) is 0 Å². The number of hydrogen-bond donors (Lipinski definition) is 1. The van der Waals surface area contributed by atoms with Crippen molar-refractivity contribution in [3.8, 4) is 0 Å². The first-order valence-corrected chi connectivity index (χ1v) is 4.88. The first-order chi connectivity index (χ1) is 6.95. The smallest absolute Gasteiger partial charge is 0.309 e. The summed E-state index contributed by atoms with van der Waals surface area (Å²) in [5.74, 6) is -0.0810. The number of esters is 1. The van der Waals surface area contributed by atoms with E-state index in [1.165, 1.54) is 13.3 Å². The number of carbonyl (C=O) groups excluding carboxylic acids is 1. The molecule has 1 saturated carbocycles. The fourth-order valence-electron chi connectivity index (χ4n) is 1.98. The van der Waals surface area contributed by atoms with Crippen molar-refractivity contribution in [2.24, 2.45) is 22.4 Å². The van der Waals surface area contributed by atoms with Gasteiger partial charge in [0.2, 0.25) is 0 Å². The Kier molecular flexibility index (Phi) is 3.17. The monoisotopic (exact) mass is 211 g/mol. The predicted octanol–water partition coefficient (Wildman–Crippen LogP) is 1.84. The zero-order chi connectivity index (χ0) is 11.6. The third-order valence-corrected chi connectivity index (χ3v) is 3.07. The summed E-state index contributed by atoms with van der Waals surface area (Å²) in [6, 6.07) is 0. The van der Waals surface area contributed by atoms with Crippen LogP contribution in [0, 0.1) is 17.3 Å². The summed E-state index contributed by atoms with van der Waals surface area (Å²) in [7, 11) is 1.40. The molecule has 0 radical (unpaired) electrons. The Morgan fingerprint density at radius 2 is 2.13 bits per heavy atom. The Bertz CT molecular complexity index is 318. The van der Waals surface area contributed by atoms with Gasteiger partial charge in [0, 0.05) is 0 Å². The van der Waals surface area contributed by atoms with Crippen molar-refractivity contribution in [1.29, 1.82) is 0 Å². The van der Waals surface area contributed by atoms with Crippen LogP contribution in [0.5, 0.6) is 0 Å². The van der Waals surface area contributed by atoms with Gasteiger partial charge >= 0.3 is 5.97 Å². The van der Waals surface area contributed by atoms with E-state index in [9.17, 15) is 4.79 Å². The molecule has 4 heteroatoms. The minimum atomic E-state index is -0.171. The van der Waals surface area contributed by atoms with E-state index in [-0.39, 0.29) is 23.2 Å². The summed E-state index contributed by atoms with van der Waals surface area (Å²) in [5, 5.41) is 11.3. The molecular weight excluding hydrogens is 194 g/mol. The van der Waals surface area contributed by atoms with Crippen molar-refractivity contribution < 1.29 is 14.7 Å². The van der Waals surface area contributed by atoms with Gasteiger partial charge in [0.15, 0.2) is 0 Å². The van der Waals surface area contributed by atoms with Crippen molar-refractivity contribution in [2.45, 2.75) is 20.8 Å². The maximum Gasteiger partial charge on any atom is 0.309 e. The summed E-state index contributed by atoms with van der Waals surface area (Å²) in [6.07, 6.45) is 3.31. The summed E-state index contributed by atoms with van der Waals surface area (Å²) in [4.78, 5) is 11.4. The third-order valence-electron chi connectivity index (χ3n) is 3.07. The van der Waals surface area contributed by atoms with E-state index in [4.69, 9.17) is 9.94 Å². The van der Waals surface area contributed by atoms with E-state index >= 15 is 0 Å².